The maximum absolute atomic E-state index is 13.0. The van der Waals surface area contributed by atoms with Crippen LogP contribution in [0.3, 0.4) is 0 Å². The van der Waals surface area contributed by atoms with Crippen molar-refractivity contribution in [1.82, 2.24) is 4.90 Å². The Bertz CT molecular complexity index is 744. The molecule has 0 radical (unpaired) electrons. The van der Waals surface area contributed by atoms with Crippen LogP contribution in [-0.4, -0.2) is 36.4 Å². The SMILES string of the molecule is CCCCCCOc1ccc(C(=O)N(CCC(N)=O)CCc2ccccc2)cc1. The van der Waals surface area contributed by atoms with Crippen LogP contribution in [0.15, 0.2) is 54.6 Å². The fourth-order valence-electron chi connectivity index (χ4n) is 3.06. The van der Waals surface area contributed by atoms with Crippen LogP contribution in [-0.2, 0) is 11.2 Å². The Morgan fingerprint density at radius 3 is 2.31 bits per heavy atom. The van der Waals surface area contributed by atoms with Crippen molar-refractivity contribution in [3.05, 3.63) is 65.7 Å². The van der Waals surface area contributed by atoms with Gasteiger partial charge in [-0.05, 0) is 42.7 Å². The monoisotopic (exact) mass is 396 g/mol. The molecule has 0 unspecified atom stereocenters. The van der Waals surface area contributed by atoms with Crippen LogP contribution in [0.2, 0.25) is 0 Å². The fourth-order valence-corrected chi connectivity index (χ4v) is 3.06. The summed E-state index contributed by atoms with van der Waals surface area (Å²) in [4.78, 5) is 25.9. The number of primary amides is 1. The summed E-state index contributed by atoms with van der Waals surface area (Å²) in [7, 11) is 0. The van der Waals surface area contributed by atoms with Crippen LogP contribution in [0.1, 0.15) is 54.9 Å². The number of hydrogen-bond donors (Lipinski definition) is 1. The molecule has 0 heterocycles. The molecule has 2 aromatic carbocycles. The maximum Gasteiger partial charge on any atom is 0.253 e. The van der Waals surface area contributed by atoms with Crippen LogP contribution in [0.25, 0.3) is 0 Å². The van der Waals surface area contributed by atoms with Crippen LogP contribution in [0, 0.1) is 0 Å². The second kappa shape index (κ2) is 12.6. The van der Waals surface area contributed by atoms with Crippen molar-refractivity contribution in [1.29, 1.82) is 0 Å². The van der Waals surface area contributed by atoms with Crippen LogP contribution in [0.4, 0.5) is 0 Å². The summed E-state index contributed by atoms with van der Waals surface area (Å²) < 4.78 is 5.75. The fraction of sp³-hybridized carbons (Fsp3) is 0.417. The van der Waals surface area contributed by atoms with E-state index in [0.717, 1.165) is 24.2 Å². The van der Waals surface area contributed by atoms with E-state index in [1.54, 1.807) is 17.0 Å². The van der Waals surface area contributed by atoms with Gasteiger partial charge in [0.15, 0.2) is 0 Å². The standard InChI is InChI=1S/C24H32N2O3/c1-2-3-4-8-19-29-22-13-11-21(12-14-22)24(28)26(18-16-23(25)27)17-15-20-9-6-5-7-10-20/h5-7,9-14H,2-4,8,15-19H2,1H3,(H2,25,27). The van der Waals surface area contributed by atoms with Crippen LogP contribution < -0.4 is 10.5 Å². The average Bonchev–Trinajstić information content (AvgIpc) is 2.74. The molecule has 0 atom stereocenters. The number of hydrogen-bond acceptors (Lipinski definition) is 3. The summed E-state index contributed by atoms with van der Waals surface area (Å²) in [5.74, 6) is 0.261. The van der Waals surface area contributed by atoms with E-state index in [4.69, 9.17) is 10.5 Å². The summed E-state index contributed by atoms with van der Waals surface area (Å²) in [6.45, 7) is 3.72. The van der Waals surface area contributed by atoms with Crippen LogP contribution >= 0.6 is 0 Å². The van der Waals surface area contributed by atoms with Crippen molar-refractivity contribution < 1.29 is 14.3 Å². The summed E-state index contributed by atoms with van der Waals surface area (Å²) in [5.41, 5.74) is 7.02. The molecule has 2 aromatic rings. The number of ether oxygens (including phenoxy) is 1. The first-order chi connectivity index (χ1) is 14.1. The third kappa shape index (κ3) is 8.38. The highest BCUT2D eigenvalue weighted by Gasteiger charge is 2.16. The van der Waals surface area contributed by atoms with Gasteiger partial charge < -0.3 is 15.4 Å². The molecule has 156 valence electrons. The van der Waals surface area contributed by atoms with E-state index in [2.05, 4.69) is 6.92 Å². The minimum atomic E-state index is -0.408. The van der Waals surface area contributed by atoms with Gasteiger partial charge in [0.25, 0.3) is 5.91 Å². The number of carbonyl (C=O) groups excluding carboxylic acids is 2. The number of benzene rings is 2. The Morgan fingerprint density at radius 2 is 1.66 bits per heavy atom. The van der Waals surface area contributed by atoms with Gasteiger partial charge in [-0.2, -0.15) is 0 Å². The van der Waals surface area contributed by atoms with E-state index in [9.17, 15) is 9.59 Å². The number of rotatable bonds is 13. The summed E-state index contributed by atoms with van der Waals surface area (Å²) in [5, 5.41) is 0. The normalized spacial score (nSPS) is 10.5. The number of amides is 2. The topological polar surface area (TPSA) is 72.6 Å². The molecule has 0 aliphatic carbocycles. The van der Waals surface area contributed by atoms with Crippen LogP contribution in [0.5, 0.6) is 5.75 Å². The first kappa shape index (κ1) is 22.5. The van der Waals surface area contributed by atoms with Crippen molar-refractivity contribution in [2.75, 3.05) is 19.7 Å². The second-order valence-electron chi connectivity index (χ2n) is 7.18. The predicted molar refractivity (Wildman–Crippen MR) is 116 cm³/mol. The minimum absolute atomic E-state index is 0.100. The van der Waals surface area contributed by atoms with Crippen molar-refractivity contribution in [3.8, 4) is 5.75 Å². The third-order valence-corrected chi connectivity index (χ3v) is 4.80. The first-order valence-corrected chi connectivity index (χ1v) is 10.4. The Balaban J connectivity index is 1.94. The smallest absolute Gasteiger partial charge is 0.253 e. The molecule has 0 spiro atoms. The van der Waals surface area contributed by atoms with Crippen molar-refractivity contribution in [3.63, 3.8) is 0 Å². The highest BCUT2D eigenvalue weighted by molar-refractivity contribution is 5.94. The van der Waals surface area contributed by atoms with Gasteiger partial charge in [-0.1, -0.05) is 56.5 Å². The molecular formula is C24H32N2O3. The van der Waals surface area contributed by atoms with Gasteiger partial charge >= 0.3 is 0 Å². The van der Waals surface area contributed by atoms with Gasteiger partial charge in [-0.15, -0.1) is 0 Å². The van der Waals surface area contributed by atoms with Gasteiger partial charge in [0.1, 0.15) is 5.75 Å². The highest BCUT2D eigenvalue weighted by atomic mass is 16.5. The lowest BCUT2D eigenvalue weighted by Gasteiger charge is -2.22. The molecule has 2 rings (SSSR count). The summed E-state index contributed by atoms with van der Waals surface area (Å²) in [6, 6.07) is 17.2. The Kier molecular flexibility index (Phi) is 9.76. The zero-order valence-electron chi connectivity index (χ0n) is 17.3. The zero-order chi connectivity index (χ0) is 20.9. The largest absolute Gasteiger partial charge is 0.494 e. The second-order valence-corrected chi connectivity index (χ2v) is 7.18. The quantitative estimate of drug-likeness (QED) is 0.516. The van der Waals surface area contributed by atoms with E-state index in [0.29, 0.717) is 25.3 Å². The van der Waals surface area contributed by atoms with E-state index < -0.39 is 5.91 Å². The first-order valence-electron chi connectivity index (χ1n) is 10.4. The lowest BCUT2D eigenvalue weighted by atomic mass is 10.1. The molecule has 0 aliphatic rings. The third-order valence-electron chi connectivity index (χ3n) is 4.80. The number of nitrogens with zero attached hydrogens (tertiary/aromatic N) is 1. The molecule has 0 aromatic heterocycles. The van der Waals surface area contributed by atoms with Gasteiger partial charge in [-0.3, -0.25) is 9.59 Å². The lowest BCUT2D eigenvalue weighted by molar-refractivity contribution is -0.118. The van der Waals surface area contributed by atoms with Gasteiger partial charge in [0.2, 0.25) is 5.91 Å². The number of carbonyl (C=O) groups is 2. The Labute approximate surface area is 173 Å². The van der Waals surface area contributed by atoms with Crippen molar-refractivity contribution >= 4 is 11.8 Å². The predicted octanol–water partition coefficient (Wildman–Crippen LogP) is 4.21. The van der Waals surface area contributed by atoms with Gasteiger partial charge in [-0.25, -0.2) is 0 Å². The molecule has 2 N–H and O–H groups in total. The maximum atomic E-state index is 13.0. The molecule has 0 saturated carbocycles. The van der Waals surface area contributed by atoms with E-state index in [1.807, 2.05) is 42.5 Å². The molecule has 0 saturated heterocycles. The molecule has 0 fully saturated rings. The van der Waals surface area contributed by atoms with E-state index >= 15 is 0 Å². The minimum Gasteiger partial charge on any atom is -0.494 e. The molecule has 0 aliphatic heterocycles. The Hall–Kier alpha value is -2.82. The molecule has 29 heavy (non-hydrogen) atoms. The molecule has 0 bridgehead atoms. The number of unbranched alkanes of at least 4 members (excludes halogenated alkanes) is 3. The lowest BCUT2D eigenvalue weighted by Crippen LogP contribution is -2.35. The van der Waals surface area contributed by atoms with Gasteiger partial charge in [0.05, 0.1) is 6.61 Å². The van der Waals surface area contributed by atoms with E-state index in [-0.39, 0.29) is 12.3 Å². The summed E-state index contributed by atoms with van der Waals surface area (Å²) >= 11 is 0. The molecular weight excluding hydrogens is 364 g/mol. The summed E-state index contributed by atoms with van der Waals surface area (Å²) in [6.07, 6.45) is 5.51. The van der Waals surface area contributed by atoms with Gasteiger partial charge in [0, 0.05) is 25.1 Å². The van der Waals surface area contributed by atoms with Crippen molar-refractivity contribution in [2.24, 2.45) is 5.73 Å². The average molecular weight is 397 g/mol. The van der Waals surface area contributed by atoms with E-state index in [1.165, 1.54) is 19.3 Å². The van der Waals surface area contributed by atoms with Crippen molar-refractivity contribution in [2.45, 2.75) is 45.4 Å². The number of nitrogens with two attached hydrogens (primary N) is 1. The molecule has 5 heteroatoms. The highest BCUT2D eigenvalue weighted by Crippen LogP contribution is 2.15. The zero-order valence-corrected chi connectivity index (χ0v) is 17.3. The molecule has 2 amide bonds. The Morgan fingerprint density at radius 1 is 0.931 bits per heavy atom. The molecule has 5 nitrogen and oxygen atoms in total.